The van der Waals surface area contributed by atoms with E-state index < -0.39 is 42.0 Å². The summed E-state index contributed by atoms with van der Waals surface area (Å²) in [5, 5.41) is 5.41. The zero-order valence-electron chi connectivity index (χ0n) is 17.4. The third-order valence-electron chi connectivity index (χ3n) is 5.80. The number of amides is 4. The summed E-state index contributed by atoms with van der Waals surface area (Å²) >= 11 is 0. The van der Waals surface area contributed by atoms with Gasteiger partial charge in [0, 0.05) is 11.8 Å². The van der Waals surface area contributed by atoms with Crippen molar-refractivity contribution >= 4 is 29.5 Å². The molecule has 3 atom stereocenters. The Balaban J connectivity index is 1.57. The van der Waals surface area contributed by atoms with Crippen molar-refractivity contribution in [3.05, 3.63) is 24.3 Å². The van der Waals surface area contributed by atoms with Crippen LogP contribution in [-0.4, -0.2) is 54.0 Å². The Morgan fingerprint density at radius 3 is 2.80 bits per heavy atom. The molecule has 0 aromatic heterocycles. The first kappa shape index (κ1) is 21.6. The van der Waals surface area contributed by atoms with Crippen LogP contribution in [-0.2, 0) is 19.1 Å². The first-order valence-corrected chi connectivity index (χ1v) is 10.1. The van der Waals surface area contributed by atoms with Crippen LogP contribution in [0.25, 0.3) is 0 Å². The van der Waals surface area contributed by atoms with Crippen LogP contribution in [0, 0.1) is 5.92 Å². The fourth-order valence-electron chi connectivity index (χ4n) is 4.00. The van der Waals surface area contributed by atoms with Crippen LogP contribution < -0.4 is 15.4 Å². The number of rotatable bonds is 6. The maximum Gasteiger partial charge on any atom is 0.327 e. The first-order chi connectivity index (χ1) is 14.3. The highest BCUT2D eigenvalue weighted by Crippen LogP contribution is 2.38. The minimum atomic E-state index is -1.10. The number of methoxy groups -OCH3 is 1. The van der Waals surface area contributed by atoms with E-state index in [9.17, 15) is 19.2 Å². The van der Waals surface area contributed by atoms with Gasteiger partial charge in [-0.1, -0.05) is 25.8 Å². The molecule has 1 aliphatic carbocycles. The first-order valence-electron chi connectivity index (χ1n) is 10.1. The summed E-state index contributed by atoms with van der Waals surface area (Å²) in [7, 11) is 1.51. The number of carbonyl (C=O) groups excluding carboxylic acids is 4. The summed E-state index contributed by atoms with van der Waals surface area (Å²) in [6.45, 7) is 2.82. The SMILES string of the molecule is COc1cccc(NC(=O)[C@H](C)OC(=O)CN2C(=O)N[C@@]3(CCCC[C@H]3C)C2=O)c1. The summed E-state index contributed by atoms with van der Waals surface area (Å²) in [4.78, 5) is 50.8. The predicted molar refractivity (Wildman–Crippen MR) is 108 cm³/mol. The lowest BCUT2D eigenvalue weighted by atomic mass is 9.73. The average Bonchev–Trinajstić information content (AvgIpc) is 2.95. The highest BCUT2D eigenvalue weighted by Gasteiger charge is 2.55. The predicted octanol–water partition coefficient (Wildman–Crippen LogP) is 2.07. The number of ether oxygens (including phenoxy) is 2. The van der Waals surface area contributed by atoms with Gasteiger partial charge in [0.25, 0.3) is 11.8 Å². The molecule has 9 heteroatoms. The average molecular weight is 417 g/mol. The molecule has 1 spiro atoms. The zero-order chi connectivity index (χ0) is 21.9. The molecule has 3 rings (SSSR count). The third-order valence-corrected chi connectivity index (χ3v) is 5.80. The number of nitrogens with zero attached hydrogens (tertiary/aromatic N) is 1. The van der Waals surface area contributed by atoms with Gasteiger partial charge in [-0.25, -0.2) is 4.79 Å². The van der Waals surface area contributed by atoms with E-state index in [2.05, 4.69) is 10.6 Å². The number of imide groups is 1. The quantitative estimate of drug-likeness (QED) is 0.541. The molecule has 0 radical (unpaired) electrons. The van der Waals surface area contributed by atoms with E-state index in [4.69, 9.17) is 9.47 Å². The second-order valence-corrected chi connectivity index (χ2v) is 7.79. The summed E-state index contributed by atoms with van der Waals surface area (Å²) in [5.41, 5.74) is -0.449. The normalized spacial score (nSPS) is 24.4. The third kappa shape index (κ3) is 4.24. The van der Waals surface area contributed by atoms with Gasteiger partial charge in [0.05, 0.1) is 7.11 Å². The maximum absolute atomic E-state index is 12.9. The molecule has 1 aromatic carbocycles. The Morgan fingerprint density at radius 1 is 1.33 bits per heavy atom. The van der Waals surface area contributed by atoms with E-state index >= 15 is 0 Å². The molecule has 4 amide bonds. The molecule has 1 saturated heterocycles. The Kier molecular flexibility index (Phi) is 6.28. The number of hydrogen-bond donors (Lipinski definition) is 2. The lowest BCUT2D eigenvalue weighted by Crippen LogP contribution is -2.54. The minimum absolute atomic E-state index is 0.00344. The molecule has 1 saturated carbocycles. The molecule has 2 fully saturated rings. The lowest BCUT2D eigenvalue weighted by molar-refractivity contribution is -0.155. The molecule has 162 valence electrons. The summed E-state index contributed by atoms with van der Waals surface area (Å²) < 4.78 is 10.2. The highest BCUT2D eigenvalue weighted by atomic mass is 16.5. The van der Waals surface area contributed by atoms with E-state index in [1.54, 1.807) is 24.3 Å². The summed E-state index contributed by atoms with van der Waals surface area (Å²) in [6, 6.07) is 6.15. The second kappa shape index (κ2) is 8.73. The van der Waals surface area contributed by atoms with Crippen molar-refractivity contribution in [2.24, 2.45) is 5.92 Å². The van der Waals surface area contributed by atoms with Gasteiger partial charge in [-0.2, -0.15) is 0 Å². The Bertz CT molecular complexity index is 857. The fraction of sp³-hybridized carbons (Fsp3) is 0.524. The number of nitrogens with one attached hydrogen (secondary N) is 2. The van der Waals surface area contributed by atoms with Gasteiger partial charge < -0.3 is 20.1 Å². The van der Waals surface area contributed by atoms with E-state index in [1.807, 2.05) is 6.92 Å². The van der Waals surface area contributed by atoms with Crippen LogP contribution in [0.3, 0.4) is 0 Å². The molecule has 0 bridgehead atoms. The van der Waals surface area contributed by atoms with Crippen LogP contribution in [0.2, 0.25) is 0 Å². The van der Waals surface area contributed by atoms with Crippen molar-refractivity contribution in [2.75, 3.05) is 19.0 Å². The van der Waals surface area contributed by atoms with Crippen molar-refractivity contribution in [1.82, 2.24) is 10.2 Å². The van der Waals surface area contributed by atoms with Gasteiger partial charge in [0.2, 0.25) is 0 Å². The van der Waals surface area contributed by atoms with Crippen LogP contribution in [0.1, 0.15) is 39.5 Å². The largest absolute Gasteiger partial charge is 0.497 e. The van der Waals surface area contributed by atoms with Crippen molar-refractivity contribution in [3.63, 3.8) is 0 Å². The van der Waals surface area contributed by atoms with Crippen LogP contribution in [0.15, 0.2) is 24.3 Å². The standard InChI is InChI=1S/C21H27N3O6/c1-13-7-4-5-10-21(13)19(27)24(20(28)23-21)12-17(25)30-14(2)18(26)22-15-8-6-9-16(11-15)29-3/h6,8-9,11,13-14H,4-5,7,10,12H2,1-3H3,(H,22,26)(H,23,28)/t13-,14+,21-/m1/s1. The Hall–Kier alpha value is -3.10. The van der Waals surface area contributed by atoms with Gasteiger partial charge in [-0.05, 0) is 37.8 Å². The molecule has 2 aliphatic rings. The zero-order valence-corrected chi connectivity index (χ0v) is 17.4. The van der Waals surface area contributed by atoms with Crippen molar-refractivity contribution in [1.29, 1.82) is 0 Å². The molecule has 9 nitrogen and oxygen atoms in total. The number of carbonyl (C=O) groups is 4. The van der Waals surface area contributed by atoms with Crippen LogP contribution in [0.5, 0.6) is 5.75 Å². The highest BCUT2D eigenvalue weighted by molar-refractivity contribution is 6.09. The van der Waals surface area contributed by atoms with Gasteiger partial charge in [-0.15, -0.1) is 0 Å². The van der Waals surface area contributed by atoms with Gasteiger partial charge >= 0.3 is 12.0 Å². The van der Waals surface area contributed by atoms with Gasteiger partial charge in [-0.3, -0.25) is 19.3 Å². The van der Waals surface area contributed by atoms with Crippen LogP contribution >= 0.6 is 0 Å². The van der Waals surface area contributed by atoms with E-state index in [0.717, 1.165) is 24.2 Å². The number of esters is 1. The van der Waals surface area contributed by atoms with Crippen molar-refractivity contribution in [2.45, 2.75) is 51.2 Å². The van der Waals surface area contributed by atoms with Gasteiger partial charge in [0.15, 0.2) is 6.10 Å². The number of benzene rings is 1. The lowest BCUT2D eigenvalue weighted by Gasteiger charge is -2.36. The monoisotopic (exact) mass is 417 g/mol. The second-order valence-electron chi connectivity index (χ2n) is 7.79. The van der Waals surface area contributed by atoms with Gasteiger partial charge in [0.1, 0.15) is 17.8 Å². The Labute approximate surface area is 175 Å². The molecular weight excluding hydrogens is 390 g/mol. The molecule has 1 aromatic rings. The van der Waals surface area contributed by atoms with Crippen molar-refractivity contribution < 1.29 is 28.7 Å². The Morgan fingerprint density at radius 2 is 2.10 bits per heavy atom. The molecule has 30 heavy (non-hydrogen) atoms. The minimum Gasteiger partial charge on any atom is -0.497 e. The van der Waals surface area contributed by atoms with E-state index in [0.29, 0.717) is 17.9 Å². The fourth-order valence-corrected chi connectivity index (χ4v) is 4.00. The summed E-state index contributed by atoms with van der Waals surface area (Å²) in [5.74, 6) is -1.19. The van der Waals surface area contributed by atoms with E-state index in [1.165, 1.54) is 14.0 Å². The van der Waals surface area contributed by atoms with Crippen LogP contribution in [0.4, 0.5) is 10.5 Å². The maximum atomic E-state index is 12.9. The van der Waals surface area contributed by atoms with E-state index in [-0.39, 0.29) is 5.92 Å². The number of hydrogen-bond acceptors (Lipinski definition) is 6. The van der Waals surface area contributed by atoms with Crippen molar-refractivity contribution in [3.8, 4) is 5.75 Å². The molecule has 1 heterocycles. The smallest absolute Gasteiger partial charge is 0.327 e. The molecule has 0 unspecified atom stereocenters. The molecular formula is C21H27N3O6. The number of anilines is 1. The number of urea groups is 1. The summed E-state index contributed by atoms with van der Waals surface area (Å²) in [6.07, 6.45) is 2.14. The topological polar surface area (TPSA) is 114 Å². The molecule has 1 aliphatic heterocycles. The molecule has 2 N–H and O–H groups in total.